The van der Waals surface area contributed by atoms with Gasteiger partial charge in [0.05, 0.1) is 6.54 Å². The van der Waals surface area contributed by atoms with Gasteiger partial charge in [-0.2, -0.15) is 0 Å². The summed E-state index contributed by atoms with van der Waals surface area (Å²) in [6.45, 7) is 6.17. The van der Waals surface area contributed by atoms with Gasteiger partial charge >= 0.3 is 0 Å². The van der Waals surface area contributed by atoms with Crippen LogP contribution in [0, 0.1) is 5.92 Å². The largest absolute Gasteiger partial charge is 0.355 e. The summed E-state index contributed by atoms with van der Waals surface area (Å²) < 4.78 is 0. The highest BCUT2D eigenvalue weighted by Crippen LogP contribution is 2.15. The molecule has 0 aliphatic heterocycles. The van der Waals surface area contributed by atoms with E-state index in [4.69, 9.17) is 0 Å². The fourth-order valence-corrected chi connectivity index (χ4v) is 2.17. The van der Waals surface area contributed by atoms with E-state index >= 15 is 0 Å². The Balaban J connectivity index is 2.00. The minimum atomic E-state index is 0.0772. The van der Waals surface area contributed by atoms with Crippen LogP contribution in [0.2, 0.25) is 0 Å². The van der Waals surface area contributed by atoms with Crippen molar-refractivity contribution in [3.63, 3.8) is 0 Å². The van der Waals surface area contributed by atoms with E-state index in [0.717, 1.165) is 18.8 Å². The van der Waals surface area contributed by atoms with Crippen molar-refractivity contribution >= 4 is 17.7 Å². The standard InChI is InChI=1S/C14H22N2OS/c1-12(2)10-16-14(17)11-15-8-9-18-13-6-4-3-5-7-13/h3-7,12,15H,8-11H2,1-2H3,(H,16,17). The molecule has 0 spiro atoms. The molecule has 100 valence electrons. The molecular weight excluding hydrogens is 244 g/mol. The third-order valence-corrected chi connectivity index (χ3v) is 3.30. The van der Waals surface area contributed by atoms with Crippen molar-refractivity contribution in [3.05, 3.63) is 30.3 Å². The van der Waals surface area contributed by atoms with Gasteiger partial charge in [-0.05, 0) is 18.1 Å². The molecule has 1 amide bonds. The van der Waals surface area contributed by atoms with E-state index in [1.807, 2.05) is 18.2 Å². The van der Waals surface area contributed by atoms with Crippen molar-refractivity contribution in [1.82, 2.24) is 10.6 Å². The van der Waals surface area contributed by atoms with Crippen LogP contribution in [-0.2, 0) is 4.79 Å². The molecule has 0 atom stereocenters. The number of amides is 1. The summed E-state index contributed by atoms with van der Waals surface area (Å²) in [6.07, 6.45) is 0. The van der Waals surface area contributed by atoms with Gasteiger partial charge in [-0.1, -0.05) is 32.0 Å². The monoisotopic (exact) mass is 266 g/mol. The molecule has 2 N–H and O–H groups in total. The average molecular weight is 266 g/mol. The molecule has 0 saturated heterocycles. The smallest absolute Gasteiger partial charge is 0.233 e. The fraction of sp³-hybridized carbons (Fsp3) is 0.500. The van der Waals surface area contributed by atoms with Crippen molar-refractivity contribution in [2.24, 2.45) is 5.92 Å². The number of benzene rings is 1. The Bertz CT molecular complexity index is 341. The van der Waals surface area contributed by atoms with Gasteiger partial charge < -0.3 is 10.6 Å². The Kier molecular flexibility index (Phi) is 7.53. The van der Waals surface area contributed by atoms with E-state index in [9.17, 15) is 4.79 Å². The molecule has 0 unspecified atom stereocenters. The Labute approximate surface area is 114 Å². The minimum absolute atomic E-state index is 0.0772. The van der Waals surface area contributed by atoms with E-state index < -0.39 is 0 Å². The van der Waals surface area contributed by atoms with Gasteiger partial charge in [0.25, 0.3) is 0 Å². The van der Waals surface area contributed by atoms with Crippen molar-refractivity contribution in [1.29, 1.82) is 0 Å². The number of thioether (sulfide) groups is 1. The number of hydrogen-bond acceptors (Lipinski definition) is 3. The molecule has 0 aliphatic rings. The summed E-state index contributed by atoms with van der Waals surface area (Å²) in [7, 11) is 0. The van der Waals surface area contributed by atoms with Crippen LogP contribution < -0.4 is 10.6 Å². The molecule has 1 aromatic carbocycles. The van der Waals surface area contributed by atoms with Gasteiger partial charge in [0.2, 0.25) is 5.91 Å². The quantitative estimate of drug-likeness (QED) is 0.559. The SMILES string of the molecule is CC(C)CNC(=O)CNCCSc1ccccc1. The number of carbonyl (C=O) groups is 1. The Hall–Kier alpha value is -1.00. The number of carbonyl (C=O) groups excluding carboxylic acids is 1. The zero-order valence-corrected chi connectivity index (χ0v) is 11.9. The van der Waals surface area contributed by atoms with E-state index in [0.29, 0.717) is 12.5 Å². The molecule has 0 saturated carbocycles. The average Bonchev–Trinajstić information content (AvgIpc) is 2.37. The molecule has 0 bridgehead atoms. The van der Waals surface area contributed by atoms with Gasteiger partial charge in [-0.25, -0.2) is 0 Å². The summed E-state index contributed by atoms with van der Waals surface area (Å²) in [5.74, 6) is 1.55. The highest BCUT2D eigenvalue weighted by Gasteiger charge is 2.01. The predicted octanol–water partition coefficient (Wildman–Crippen LogP) is 2.14. The predicted molar refractivity (Wildman–Crippen MR) is 77.9 cm³/mol. The first-order valence-corrected chi connectivity index (χ1v) is 7.32. The molecule has 4 heteroatoms. The van der Waals surface area contributed by atoms with Crippen LogP contribution in [-0.4, -0.2) is 31.3 Å². The summed E-state index contributed by atoms with van der Waals surface area (Å²) in [5, 5.41) is 6.03. The van der Waals surface area contributed by atoms with Crippen molar-refractivity contribution in [2.75, 3.05) is 25.4 Å². The van der Waals surface area contributed by atoms with Crippen molar-refractivity contribution in [2.45, 2.75) is 18.7 Å². The highest BCUT2D eigenvalue weighted by molar-refractivity contribution is 7.99. The van der Waals surface area contributed by atoms with E-state index in [1.165, 1.54) is 4.90 Å². The van der Waals surface area contributed by atoms with Gasteiger partial charge in [0, 0.05) is 23.7 Å². The lowest BCUT2D eigenvalue weighted by molar-refractivity contribution is -0.120. The summed E-state index contributed by atoms with van der Waals surface area (Å²) >= 11 is 1.80. The minimum Gasteiger partial charge on any atom is -0.355 e. The van der Waals surface area contributed by atoms with Crippen LogP contribution in [0.1, 0.15) is 13.8 Å². The molecule has 1 aromatic rings. The first kappa shape index (κ1) is 15.1. The van der Waals surface area contributed by atoms with E-state index in [2.05, 4.69) is 36.6 Å². The van der Waals surface area contributed by atoms with Gasteiger partial charge in [0.1, 0.15) is 0 Å². The fourth-order valence-electron chi connectivity index (χ4n) is 1.34. The number of nitrogens with one attached hydrogen (secondary N) is 2. The molecule has 0 fully saturated rings. The maximum Gasteiger partial charge on any atom is 0.233 e. The third kappa shape index (κ3) is 7.35. The summed E-state index contributed by atoms with van der Waals surface area (Å²) in [4.78, 5) is 12.7. The summed E-state index contributed by atoms with van der Waals surface area (Å²) in [5.41, 5.74) is 0. The molecule has 0 radical (unpaired) electrons. The van der Waals surface area contributed by atoms with Gasteiger partial charge in [0.15, 0.2) is 0 Å². The van der Waals surface area contributed by atoms with Gasteiger partial charge in [-0.3, -0.25) is 4.79 Å². The third-order valence-electron chi connectivity index (χ3n) is 2.28. The maximum absolute atomic E-state index is 11.4. The molecule has 18 heavy (non-hydrogen) atoms. The van der Waals surface area contributed by atoms with Crippen molar-refractivity contribution in [3.8, 4) is 0 Å². The second-order valence-corrected chi connectivity index (χ2v) is 5.70. The first-order valence-electron chi connectivity index (χ1n) is 6.33. The molecule has 0 heterocycles. The molecule has 1 rings (SSSR count). The van der Waals surface area contributed by atoms with Crippen LogP contribution >= 0.6 is 11.8 Å². The highest BCUT2D eigenvalue weighted by atomic mass is 32.2. The molecule has 3 nitrogen and oxygen atoms in total. The second kappa shape index (κ2) is 9.00. The lowest BCUT2D eigenvalue weighted by Crippen LogP contribution is -2.36. The zero-order valence-electron chi connectivity index (χ0n) is 11.1. The molecule has 0 aromatic heterocycles. The maximum atomic E-state index is 11.4. The van der Waals surface area contributed by atoms with Crippen LogP contribution in [0.3, 0.4) is 0 Å². The second-order valence-electron chi connectivity index (χ2n) is 4.54. The Morgan fingerprint density at radius 3 is 2.67 bits per heavy atom. The molecule has 0 aliphatic carbocycles. The summed E-state index contributed by atoms with van der Waals surface area (Å²) in [6, 6.07) is 10.3. The van der Waals surface area contributed by atoms with Crippen molar-refractivity contribution < 1.29 is 4.79 Å². The topological polar surface area (TPSA) is 41.1 Å². The Morgan fingerprint density at radius 1 is 1.28 bits per heavy atom. The normalized spacial score (nSPS) is 10.6. The van der Waals surface area contributed by atoms with Crippen LogP contribution in [0.5, 0.6) is 0 Å². The zero-order chi connectivity index (χ0) is 13.2. The molecular formula is C14H22N2OS. The number of hydrogen-bond donors (Lipinski definition) is 2. The van der Waals surface area contributed by atoms with Crippen LogP contribution in [0.4, 0.5) is 0 Å². The number of rotatable bonds is 8. The first-order chi connectivity index (χ1) is 8.68. The lowest BCUT2D eigenvalue weighted by Gasteiger charge is -2.08. The van der Waals surface area contributed by atoms with Crippen LogP contribution in [0.15, 0.2) is 35.2 Å². The lowest BCUT2D eigenvalue weighted by atomic mass is 10.2. The van der Waals surface area contributed by atoms with Crippen LogP contribution in [0.25, 0.3) is 0 Å². The van der Waals surface area contributed by atoms with E-state index in [-0.39, 0.29) is 5.91 Å². The van der Waals surface area contributed by atoms with E-state index in [1.54, 1.807) is 11.8 Å². The van der Waals surface area contributed by atoms with Gasteiger partial charge in [-0.15, -0.1) is 11.8 Å². The Morgan fingerprint density at radius 2 is 2.00 bits per heavy atom.